The Morgan fingerprint density at radius 3 is 2.69 bits per heavy atom. The first-order valence-electron chi connectivity index (χ1n) is 5.58. The lowest BCUT2D eigenvalue weighted by atomic mass is 10.1. The van der Waals surface area contributed by atoms with E-state index in [1.54, 1.807) is 11.8 Å². The van der Waals surface area contributed by atoms with Crippen LogP contribution in [0.3, 0.4) is 0 Å². The number of carbonyl (C=O) groups is 2. The molecule has 92 valence electrons. The Labute approximate surface area is 100 Å². The first-order valence-corrected chi connectivity index (χ1v) is 6.86. The zero-order valence-electron chi connectivity index (χ0n) is 9.73. The van der Waals surface area contributed by atoms with E-state index in [1.807, 2.05) is 13.2 Å². The van der Waals surface area contributed by atoms with Gasteiger partial charge in [-0.3, -0.25) is 9.59 Å². The number of hydrogen-bond donors (Lipinski definition) is 2. The zero-order chi connectivity index (χ0) is 12.1. The van der Waals surface area contributed by atoms with Gasteiger partial charge in [0.2, 0.25) is 5.91 Å². The normalized spacial score (nSPS) is 26.4. The summed E-state index contributed by atoms with van der Waals surface area (Å²) >= 11 is 1.66. The molecule has 1 fully saturated rings. The summed E-state index contributed by atoms with van der Waals surface area (Å²) < 4.78 is 0. The van der Waals surface area contributed by atoms with Gasteiger partial charge in [0, 0.05) is 17.7 Å². The summed E-state index contributed by atoms with van der Waals surface area (Å²) in [5.74, 6) is -0.976. The van der Waals surface area contributed by atoms with Crippen LogP contribution >= 0.6 is 11.8 Å². The van der Waals surface area contributed by atoms with E-state index < -0.39 is 5.97 Å². The summed E-state index contributed by atoms with van der Waals surface area (Å²) in [5.41, 5.74) is 0. The SMILES string of the molecule is CSC(C)CC(=O)N[C@@H]1CC[C@H](C(=O)O)C1. The molecule has 0 bridgehead atoms. The number of carboxylic acids is 1. The molecule has 1 aliphatic carbocycles. The van der Waals surface area contributed by atoms with Crippen LogP contribution in [0.15, 0.2) is 0 Å². The summed E-state index contributed by atoms with van der Waals surface area (Å²) in [7, 11) is 0. The van der Waals surface area contributed by atoms with E-state index in [0.717, 1.165) is 6.42 Å². The molecule has 0 aromatic carbocycles. The Hall–Kier alpha value is -0.710. The quantitative estimate of drug-likeness (QED) is 0.770. The predicted molar refractivity (Wildman–Crippen MR) is 64.5 cm³/mol. The number of nitrogens with one attached hydrogen (secondary N) is 1. The average molecular weight is 245 g/mol. The second-order valence-electron chi connectivity index (χ2n) is 4.36. The van der Waals surface area contributed by atoms with Crippen LogP contribution in [0.2, 0.25) is 0 Å². The fourth-order valence-corrected chi connectivity index (χ4v) is 2.29. The highest BCUT2D eigenvalue weighted by Crippen LogP contribution is 2.25. The summed E-state index contributed by atoms with van der Waals surface area (Å²) in [6.07, 6.45) is 4.53. The van der Waals surface area contributed by atoms with Crippen molar-refractivity contribution >= 4 is 23.6 Å². The van der Waals surface area contributed by atoms with Gasteiger partial charge in [0.25, 0.3) is 0 Å². The molecule has 1 aliphatic rings. The van der Waals surface area contributed by atoms with Crippen molar-refractivity contribution in [3.63, 3.8) is 0 Å². The molecule has 0 aromatic heterocycles. The van der Waals surface area contributed by atoms with Crippen LogP contribution in [0.1, 0.15) is 32.6 Å². The Balaban J connectivity index is 2.28. The Morgan fingerprint density at radius 2 is 2.19 bits per heavy atom. The van der Waals surface area contributed by atoms with Crippen LogP contribution in [0, 0.1) is 5.92 Å². The zero-order valence-corrected chi connectivity index (χ0v) is 10.5. The van der Waals surface area contributed by atoms with Crippen molar-refractivity contribution in [2.75, 3.05) is 6.26 Å². The molecule has 1 saturated carbocycles. The maximum absolute atomic E-state index is 11.6. The van der Waals surface area contributed by atoms with Gasteiger partial charge in [0.15, 0.2) is 0 Å². The van der Waals surface area contributed by atoms with Gasteiger partial charge in [-0.2, -0.15) is 11.8 Å². The number of hydrogen-bond acceptors (Lipinski definition) is 3. The highest BCUT2D eigenvalue weighted by molar-refractivity contribution is 7.99. The van der Waals surface area contributed by atoms with Crippen molar-refractivity contribution in [2.24, 2.45) is 5.92 Å². The first-order chi connectivity index (χ1) is 7.52. The van der Waals surface area contributed by atoms with Gasteiger partial charge in [-0.1, -0.05) is 6.92 Å². The van der Waals surface area contributed by atoms with Crippen molar-refractivity contribution < 1.29 is 14.7 Å². The van der Waals surface area contributed by atoms with Gasteiger partial charge < -0.3 is 10.4 Å². The largest absolute Gasteiger partial charge is 0.481 e. The average Bonchev–Trinajstić information content (AvgIpc) is 2.65. The molecule has 1 rings (SSSR count). The number of rotatable bonds is 5. The van der Waals surface area contributed by atoms with Gasteiger partial charge in [0.1, 0.15) is 0 Å². The third-order valence-electron chi connectivity index (χ3n) is 3.02. The molecule has 4 nitrogen and oxygen atoms in total. The van der Waals surface area contributed by atoms with Crippen molar-refractivity contribution in [3.05, 3.63) is 0 Å². The van der Waals surface area contributed by atoms with Crippen LogP contribution in [-0.4, -0.2) is 34.5 Å². The molecular formula is C11H19NO3S. The van der Waals surface area contributed by atoms with E-state index in [4.69, 9.17) is 5.11 Å². The maximum atomic E-state index is 11.6. The van der Waals surface area contributed by atoms with Crippen molar-refractivity contribution in [2.45, 2.75) is 43.9 Å². The number of thioether (sulfide) groups is 1. The summed E-state index contributed by atoms with van der Waals surface area (Å²) in [4.78, 5) is 22.3. The van der Waals surface area contributed by atoms with E-state index in [9.17, 15) is 9.59 Å². The Kier molecular flexibility index (Phi) is 5.12. The summed E-state index contributed by atoms with van der Waals surface area (Å²) in [6, 6.07) is 0.0580. The minimum Gasteiger partial charge on any atom is -0.481 e. The van der Waals surface area contributed by atoms with E-state index >= 15 is 0 Å². The molecule has 0 aliphatic heterocycles. The van der Waals surface area contributed by atoms with E-state index in [-0.39, 0.29) is 17.9 Å². The third-order valence-corrected chi connectivity index (χ3v) is 3.99. The van der Waals surface area contributed by atoms with Crippen LogP contribution in [0.5, 0.6) is 0 Å². The second kappa shape index (κ2) is 6.13. The van der Waals surface area contributed by atoms with Crippen molar-refractivity contribution in [3.8, 4) is 0 Å². The van der Waals surface area contributed by atoms with Crippen molar-refractivity contribution in [1.29, 1.82) is 0 Å². The van der Waals surface area contributed by atoms with Crippen LogP contribution in [0.25, 0.3) is 0 Å². The van der Waals surface area contributed by atoms with Crippen LogP contribution in [-0.2, 0) is 9.59 Å². The van der Waals surface area contributed by atoms with Crippen molar-refractivity contribution in [1.82, 2.24) is 5.32 Å². The predicted octanol–water partition coefficient (Wildman–Crippen LogP) is 1.50. The minimum absolute atomic E-state index is 0.0397. The lowest BCUT2D eigenvalue weighted by molar-refractivity contribution is -0.141. The highest BCUT2D eigenvalue weighted by Gasteiger charge is 2.30. The number of carboxylic acid groups (broad SMARTS) is 1. The van der Waals surface area contributed by atoms with E-state index in [0.29, 0.717) is 24.5 Å². The van der Waals surface area contributed by atoms with Gasteiger partial charge in [-0.05, 0) is 25.5 Å². The standard InChI is InChI=1S/C11H19NO3S/c1-7(16-2)5-10(13)12-9-4-3-8(6-9)11(14)15/h7-9H,3-6H2,1-2H3,(H,12,13)(H,14,15)/t7?,8-,9+/m0/s1. The van der Waals surface area contributed by atoms with Gasteiger partial charge >= 0.3 is 5.97 Å². The molecule has 0 heterocycles. The second-order valence-corrected chi connectivity index (χ2v) is 5.64. The molecule has 1 amide bonds. The smallest absolute Gasteiger partial charge is 0.306 e. The maximum Gasteiger partial charge on any atom is 0.306 e. The molecule has 1 unspecified atom stereocenters. The Morgan fingerprint density at radius 1 is 1.50 bits per heavy atom. The molecule has 2 N–H and O–H groups in total. The summed E-state index contributed by atoms with van der Waals surface area (Å²) in [5, 5.41) is 12.1. The van der Waals surface area contributed by atoms with Gasteiger partial charge in [-0.25, -0.2) is 0 Å². The van der Waals surface area contributed by atoms with E-state index in [1.165, 1.54) is 0 Å². The molecular weight excluding hydrogens is 226 g/mol. The molecule has 0 radical (unpaired) electrons. The highest BCUT2D eigenvalue weighted by atomic mass is 32.2. The third kappa shape index (κ3) is 4.04. The Bertz CT molecular complexity index is 270. The monoisotopic (exact) mass is 245 g/mol. The lowest BCUT2D eigenvalue weighted by Gasteiger charge is -2.14. The molecule has 0 saturated heterocycles. The van der Waals surface area contributed by atoms with Crippen LogP contribution in [0.4, 0.5) is 0 Å². The summed E-state index contributed by atoms with van der Waals surface area (Å²) in [6.45, 7) is 2.01. The van der Waals surface area contributed by atoms with Gasteiger partial charge in [0.05, 0.1) is 5.92 Å². The van der Waals surface area contributed by atoms with Crippen LogP contribution < -0.4 is 5.32 Å². The fourth-order valence-electron chi connectivity index (χ4n) is 1.97. The number of carbonyl (C=O) groups excluding carboxylic acids is 1. The molecule has 3 atom stereocenters. The molecule has 0 spiro atoms. The topological polar surface area (TPSA) is 66.4 Å². The van der Waals surface area contributed by atoms with E-state index in [2.05, 4.69) is 5.32 Å². The molecule has 0 aromatic rings. The first kappa shape index (κ1) is 13.4. The minimum atomic E-state index is -0.741. The molecule has 5 heteroatoms. The number of amides is 1. The lowest BCUT2D eigenvalue weighted by Crippen LogP contribution is -2.34. The number of aliphatic carboxylic acids is 1. The van der Waals surface area contributed by atoms with Gasteiger partial charge in [-0.15, -0.1) is 0 Å². The molecule has 16 heavy (non-hydrogen) atoms. The fraction of sp³-hybridized carbons (Fsp3) is 0.818.